The zero-order valence-corrected chi connectivity index (χ0v) is 15.9. The fourth-order valence-electron chi connectivity index (χ4n) is 2.93. The first-order chi connectivity index (χ1) is 13.2. The summed E-state index contributed by atoms with van der Waals surface area (Å²) in [5.41, 5.74) is 3.69. The second-order valence-electron chi connectivity index (χ2n) is 6.59. The molecule has 1 aromatic heterocycles. The van der Waals surface area contributed by atoms with Crippen LogP contribution < -0.4 is 15.4 Å². The van der Waals surface area contributed by atoms with Crippen molar-refractivity contribution in [1.29, 1.82) is 0 Å². The van der Waals surface area contributed by atoms with Gasteiger partial charge >= 0.3 is 0 Å². The summed E-state index contributed by atoms with van der Waals surface area (Å²) in [7, 11) is 1.65. The van der Waals surface area contributed by atoms with Gasteiger partial charge in [-0.15, -0.1) is 11.3 Å². The van der Waals surface area contributed by atoms with Gasteiger partial charge in [-0.2, -0.15) is 0 Å². The number of carbonyl (C=O) groups excluding carboxylic acids is 1. The number of nitrogens with one attached hydrogen (secondary N) is 2. The number of anilines is 3. The SMILES string of the molecule is COc1cccc(Nc2nc(-c3ccc(NC(=O)C4CCC4)cc3)cs2)c1. The van der Waals surface area contributed by atoms with Crippen LogP contribution in [-0.2, 0) is 4.79 Å². The Balaban J connectivity index is 1.42. The summed E-state index contributed by atoms with van der Waals surface area (Å²) in [6.45, 7) is 0. The summed E-state index contributed by atoms with van der Waals surface area (Å²) in [6, 6.07) is 15.6. The second-order valence-corrected chi connectivity index (χ2v) is 7.45. The Kier molecular flexibility index (Phi) is 5.07. The van der Waals surface area contributed by atoms with E-state index in [2.05, 4.69) is 15.6 Å². The lowest BCUT2D eigenvalue weighted by Gasteiger charge is -2.24. The van der Waals surface area contributed by atoms with Crippen LogP contribution in [0.5, 0.6) is 5.75 Å². The van der Waals surface area contributed by atoms with Crippen molar-refractivity contribution in [2.75, 3.05) is 17.7 Å². The van der Waals surface area contributed by atoms with Crippen molar-refractivity contribution in [3.63, 3.8) is 0 Å². The van der Waals surface area contributed by atoms with Crippen molar-refractivity contribution in [1.82, 2.24) is 4.98 Å². The van der Waals surface area contributed by atoms with E-state index in [1.54, 1.807) is 18.4 Å². The first-order valence-corrected chi connectivity index (χ1v) is 9.87. The summed E-state index contributed by atoms with van der Waals surface area (Å²) < 4.78 is 5.24. The first-order valence-electron chi connectivity index (χ1n) is 8.99. The van der Waals surface area contributed by atoms with Crippen molar-refractivity contribution in [2.45, 2.75) is 19.3 Å². The minimum atomic E-state index is 0.132. The van der Waals surface area contributed by atoms with Gasteiger partial charge in [0.25, 0.3) is 0 Å². The van der Waals surface area contributed by atoms with Gasteiger partial charge < -0.3 is 15.4 Å². The number of ether oxygens (including phenoxy) is 1. The number of aromatic nitrogens is 1. The number of nitrogens with zero attached hydrogens (tertiary/aromatic N) is 1. The fraction of sp³-hybridized carbons (Fsp3) is 0.238. The Morgan fingerprint density at radius 2 is 1.96 bits per heavy atom. The number of rotatable bonds is 6. The lowest BCUT2D eigenvalue weighted by molar-refractivity contribution is -0.122. The monoisotopic (exact) mass is 379 g/mol. The fourth-order valence-corrected chi connectivity index (χ4v) is 3.67. The molecule has 0 radical (unpaired) electrons. The third-order valence-electron chi connectivity index (χ3n) is 4.75. The quantitative estimate of drug-likeness (QED) is 0.610. The van der Waals surface area contributed by atoms with Gasteiger partial charge in [-0.1, -0.05) is 24.6 Å². The molecule has 1 aliphatic carbocycles. The summed E-state index contributed by atoms with van der Waals surface area (Å²) >= 11 is 1.55. The van der Waals surface area contributed by atoms with Gasteiger partial charge in [0.2, 0.25) is 5.91 Å². The molecule has 5 nitrogen and oxygen atoms in total. The maximum absolute atomic E-state index is 12.0. The molecule has 1 heterocycles. The van der Waals surface area contributed by atoms with Crippen LogP contribution in [0.3, 0.4) is 0 Å². The van der Waals surface area contributed by atoms with Gasteiger partial charge in [-0.3, -0.25) is 4.79 Å². The molecule has 0 unspecified atom stereocenters. The van der Waals surface area contributed by atoms with Gasteiger partial charge in [0, 0.05) is 34.3 Å². The molecule has 4 rings (SSSR count). The minimum Gasteiger partial charge on any atom is -0.497 e. The second kappa shape index (κ2) is 7.80. The summed E-state index contributed by atoms with van der Waals surface area (Å²) in [4.78, 5) is 16.7. The molecule has 3 aromatic rings. The van der Waals surface area contributed by atoms with Crippen molar-refractivity contribution in [3.05, 3.63) is 53.9 Å². The van der Waals surface area contributed by atoms with E-state index in [1.165, 1.54) is 0 Å². The van der Waals surface area contributed by atoms with Crippen molar-refractivity contribution in [3.8, 4) is 17.0 Å². The molecule has 6 heteroatoms. The van der Waals surface area contributed by atoms with Gasteiger partial charge in [0.1, 0.15) is 5.75 Å². The number of hydrogen-bond donors (Lipinski definition) is 2. The number of carbonyl (C=O) groups is 1. The molecule has 2 N–H and O–H groups in total. The molecule has 1 fully saturated rings. The highest BCUT2D eigenvalue weighted by atomic mass is 32.1. The van der Waals surface area contributed by atoms with Crippen LogP contribution in [0.2, 0.25) is 0 Å². The Morgan fingerprint density at radius 1 is 1.15 bits per heavy atom. The molecule has 1 saturated carbocycles. The standard InChI is InChI=1S/C21H21N3O2S/c1-26-18-7-3-6-17(12-18)23-21-24-19(13-27-21)14-8-10-16(11-9-14)22-20(25)15-4-2-5-15/h3,6-13,15H,2,4-5H2,1H3,(H,22,25)(H,23,24). The minimum absolute atomic E-state index is 0.132. The molecular weight excluding hydrogens is 358 g/mol. The van der Waals surface area contributed by atoms with E-state index in [9.17, 15) is 4.79 Å². The van der Waals surface area contributed by atoms with Crippen molar-refractivity contribution in [2.24, 2.45) is 5.92 Å². The highest BCUT2D eigenvalue weighted by molar-refractivity contribution is 7.14. The number of amides is 1. The number of methoxy groups -OCH3 is 1. The largest absolute Gasteiger partial charge is 0.497 e. The average molecular weight is 379 g/mol. The highest BCUT2D eigenvalue weighted by Crippen LogP contribution is 2.30. The Bertz CT molecular complexity index is 933. The zero-order valence-electron chi connectivity index (χ0n) is 15.1. The highest BCUT2D eigenvalue weighted by Gasteiger charge is 2.25. The van der Waals surface area contributed by atoms with E-state index >= 15 is 0 Å². The molecule has 1 amide bonds. The molecule has 2 aromatic carbocycles. The van der Waals surface area contributed by atoms with Gasteiger partial charge in [0.15, 0.2) is 5.13 Å². The average Bonchev–Trinajstić information content (AvgIpc) is 3.09. The molecule has 0 spiro atoms. The van der Waals surface area contributed by atoms with E-state index in [0.717, 1.165) is 52.8 Å². The maximum atomic E-state index is 12.0. The van der Waals surface area contributed by atoms with E-state index in [-0.39, 0.29) is 11.8 Å². The topological polar surface area (TPSA) is 63.2 Å². The van der Waals surface area contributed by atoms with E-state index in [0.29, 0.717) is 0 Å². The molecule has 0 atom stereocenters. The predicted octanol–water partition coefficient (Wildman–Crippen LogP) is 5.30. The molecule has 1 aliphatic rings. The third kappa shape index (κ3) is 4.11. The summed E-state index contributed by atoms with van der Waals surface area (Å²) in [5, 5.41) is 9.13. The Hall–Kier alpha value is -2.86. The Morgan fingerprint density at radius 3 is 2.67 bits per heavy atom. The number of benzene rings is 2. The van der Waals surface area contributed by atoms with Crippen LogP contribution in [0.4, 0.5) is 16.5 Å². The van der Waals surface area contributed by atoms with Gasteiger partial charge in [-0.25, -0.2) is 4.98 Å². The predicted molar refractivity (Wildman–Crippen MR) is 110 cm³/mol. The van der Waals surface area contributed by atoms with Crippen LogP contribution in [0.25, 0.3) is 11.3 Å². The third-order valence-corrected chi connectivity index (χ3v) is 5.51. The van der Waals surface area contributed by atoms with Crippen LogP contribution in [0.15, 0.2) is 53.9 Å². The maximum Gasteiger partial charge on any atom is 0.227 e. The van der Waals surface area contributed by atoms with Gasteiger partial charge in [-0.05, 0) is 37.1 Å². The van der Waals surface area contributed by atoms with E-state index < -0.39 is 0 Å². The smallest absolute Gasteiger partial charge is 0.227 e. The van der Waals surface area contributed by atoms with E-state index in [4.69, 9.17) is 4.74 Å². The first kappa shape index (κ1) is 17.5. The van der Waals surface area contributed by atoms with Crippen LogP contribution >= 0.6 is 11.3 Å². The Labute approximate surface area is 162 Å². The van der Waals surface area contributed by atoms with Gasteiger partial charge in [0.05, 0.1) is 12.8 Å². The lowest BCUT2D eigenvalue weighted by atomic mass is 9.85. The molecule has 0 saturated heterocycles. The van der Waals surface area contributed by atoms with Crippen LogP contribution in [-0.4, -0.2) is 18.0 Å². The molecule has 138 valence electrons. The molecule has 0 aliphatic heterocycles. The molecular formula is C21H21N3O2S. The summed E-state index contributed by atoms with van der Waals surface area (Å²) in [5.74, 6) is 1.12. The lowest BCUT2D eigenvalue weighted by Crippen LogP contribution is -2.27. The number of thiazole rings is 1. The summed E-state index contributed by atoms with van der Waals surface area (Å²) in [6.07, 6.45) is 3.17. The van der Waals surface area contributed by atoms with Crippen LogP contribution in [0.1, 0.15) is 19.3 Å². The van der Waals surface area contributed by atoms with Crippen molar-refractivity contribution >= 4 is 33.8 Å². The van der Waals surface area contributed by atoms with E-state index in [1.807, 2.05) is 53.9 Å². The normalized spacial score (nSPS) is 13.7. The van der Waals surface area contributed by atoms with Crippen LogP contribution in [0, 0.1) is 5.92 Å². The van der Waals surface area contributed by atoms with Crippen molar-refractivity contribution < 1.29 is 9.53 Å². The molecule has 0 bridgehead atoms. The molecule has 27 heavy (non-hydrogen) atoms. The zero-order chi connectivity index (χ0) is 18.6. The number of hydrogen-bond acceptors (Lipinski definition) is 5.